The molecule has 1 rings (SSSR count). The van der Waals surface area contributed by atoms with Gasteiger partial charge < -0.3 is 19.7 Å². The molecule has 0 radical (unpaired) electrons. The predicted molar refractivity (Wildman–Crippen MR) is 65.5 cm³/mol. The van der Waals surface area contributed by atoms with Crippen LogP contribution >= 0.6 is 0 Å². The van der Waals surface area contributed by atoms with Gasteiger partial charge in [0, 0.05) is 0 Å². The maximum Gasteiger partial charge on any atom is 0.322 e. The van der Waals surface area contributed by atoms with Crippen molar-refractivity contribution in [3.63, 3.8) is 0 Å². The van der Waals surface area contributed by atoms with E-state index in [0.29, 0.717) is 5.75 Å². The number of hydrogen-bond donors (Lipinski definition) is 2. The lowest BCUT2D eigenvalue weighted by atomic mass is 9.87. The Hall–Kier alpha value is -1.59. The molecule has 2 N–H and O–H groups in total. The van der Waals surface area contributed by atoms with Crippen LogP contribution in [-0.4, -0.2) is 36.5 Å². The maximum absolute atomic E-state index is 12.0. The van der Waals surface area contributed by atoms with Crippen molar-refractivity contribution >= 4 is 5.97 Å². The van der Waals surface area contributed by atoms with Gasteiger partial charge in [0.05, 0.1) is 20.3 Å². The van der Waals surface area contributed by atoms with Gasteiger partial charge in [-0.2, -0.15) is 0 Å². The summed E-state index contributed by atoms with van der Waals surface area (Å²) in [4.78, 5) is 12.0. The first kappa shape index (κ1) is 14.5. The Morgan fingerprint density at radius 3 is 2.22 bits per heavy atom. The van der Waals surface area contributed by atoms with Crippen molar-refractivity contribution in [3.05, 3.63) is 24.3 Å². The van der Waals surface area contributed by atoms with Crippen LogP contribution in [0.4, 0.5) is 0 Å². The zero-order chi connectivity index (χ0) is 13.6. The van der Waals surface area contributed by atoms with Gasteiger partial charge in [0.25, 0.3) is 0 Å². The second-order valence-electron chi connectivity index (χ2n) is 3.99. The van der Waals surface area contributed by atoms with E-state index in [0.717, 1.165) is 0 Å². The standard InChI is InChI=1S/C13H18O5/c1-3-13(8-14,9-15)12(16)18-11-7-5-4-6-10(11)17-2/h4-7,14-15H,3,8-9H2,1-2H3. The van der Waals surface area contributed by atoms with Crippen LogP contribution in [0.2, 0.25) is 0 Å². The minimum absolute atomic E-state index is 0.268. The summed E-state index contributed by atoms with van der Waals surface area (Å²) in [7, 11) is 1.47. The first-order valence-electron chi connectivity index (χ1n) is 5.70. The summed E-state index contributed by atoms with van der Waals surface area (Å²) in [6.07, 6.45) is 0.286. The predicted octanol–water partition coefficient (Wildman–Crippen LogP) is 0.982. The molecule has 1 aromatic carbocycles. The molecule has 0 amide bonds. The van der Waals surface area contributed by atoms with Crippen molar-refractivity contribution in [1.82, 2.24) is 0 Å². The molecule has 0 aliphatic heterocycles. The Kier molecular flexibility index (Phi) is 5.12. The number of carbonyl (C=O) groups is 1. The fourth-order valence-electron chi connectivity index (χ4n) is 1.46. The third-order valence-corrected chi connectivity index (χ3v) is 2.99. The third kappa shape index (κ3) is 2.80. The molecular weight excluding hydrogens is 236 g/mol. The second-order valence-corrected chi connectivity index (χ2v) is 3.99. The van der Waals surface area contributed by atoms with Gasteiger partial charge in [-0.15, -0.1) is 0 Å². The summed E-state index contributed by atoms with van der Waals surface area (Å²) in [5, 5.41) is 18.5. The molecular formula is C13H18O5. The summed E-state index contributed by atoms with van der Waals surface area (Å²) in [6.45, 7) is 0.776. The van der Waals surface area contributed by atoms with Crippen LogP contribution in [-0.2, 0) is 4.79 Å². The monoisotopic (exact) mass is 254 g/mol. The molecule has 5 nitrogen and oxygen atoms in total. The summed E-state index contributed by atoms with van der Waals surface area (Å²) in [5.74, 6) is 0.0240. The molecule has 0 aliphatic rings. The Morgan fingerprint density at radius 2 is 1.78 bits per heavy atom. The Bertz CT molecular complexity index is 390. The zero-order valence-corrected chi connectivity index (χ0v) is 10.5. The third-order valence-electron chi connectivity index (χ3n) is 2.99. The number of hydrogen-bond acceptors (Lipinski definition) is 5. The van der Waals surface area contributed by atoms with Crippen molar-refractivity contribution in [2.75, 3.05) is 20.3 Å². The number of para-hydroxylation sites is 2. The minimum atomic E-state index is -1.28. The molecule has 0 unspecified atom stereocenters. The summed E-state index contributed by atoms with van der Waals surface area (Å²) < 4.78 is 10.2. The van der Waals surface area contributed by atoms with Crippen molar-refractivity contribution in [2.24, 2.45) is 5.41 Å². The maximum atomic E-state index is 12.0. The average Bonchev–Trinajstić information content (AvgIpc) is 2.42. The van der Waals surface area contributed by atoms with Crippen molar-refractivity contribution < 1.29 is 24.5 Å². The lowest BCUT2D eigenvalue weighted by Gasteiger charge is -2.25. The van der Waals surface area contributed by atoms with E-state index in [9.17, 15) is 15.0 Å². The molecule has 18 heavy (non-hydrogen) atoms. The van der Waals surface area contributed by atoms with E-state index in [1.807, 2.05) is 0 Å². The lowest BCUT2D eigenvalue weighted by Crippen LogP contribution is -2.41. The van der Waals surface area contributed by atoms with E-state index in [1.54, 1.807) is 31.2 Å². The molecule has 0 bridgehead atoms. The van der Waals surface area contributed by atoms with Crippen molar-refractivity contribution in [2.45, 2.75) is 13.3 Å². The molecule has 0 aliphatic carbocycles. The van der Waals surface area contributed by atoms with Crippen LogP contribution in [0.5, 0.6) is 11.5 Å². The summed E-state index contributed by atoms with van der Waals surface area (Å²) in [6, 6.07) is 6.71. The number of benzene rings is 1. The van der Waals surface area contributed by atoms with Crippen molar-refractivity contribution in [3.8, 4) is 11.5 Å². The van der Waals surface area contributed by atoms with Crippen LogP contribution in [0.3, 0.4) is 0 Å². The van der Waals surface area contributed by atoms with E-state index < -0.39 is 24.6 Å². The number of methoxy groups -OCH3 is 1. The molecule has 0 atom stereocenters. The van der Waals surface area contributed by atoms with E-state index in [1.165, 1.54) is 7.11 Å². The first-order chi connectivity index (χ1) is 8.63. The normalized spacial score (nSPS) is 11.1. The van der Waals surface area contributed by atoms with Gasteiger partial charge in [-0.05, 0) is 18.6 Å². The molecule has 0 saturated carbocycles. The Balaban J connectivity index is 2.93. The highest BCUT2D eigenvalue weighted by Gasteiger charge is 2.38. The van der Waals surface area contributed by atoms with E-state index >= 15 is 0 Å². The number of aliphatic hydroxyl groups excluding tert-OH is 2. The van der Waals surface area contributed by atoms with Gasteiger partial charge in [0.15, 0.2) is 11.5 Å². The quantitative estimate of drug-likeness (QED) is 0.584. The van der Waals surface area contributed by atoms with Crippen LogP contribution in [0.25, 0.3) is 0 Å². The second kappa shape index (κ2) is 6.37. The average molecular weight is 254 g/mol. The highest BCUT2D eigenvalue weighted by atomic mass is 16.6. The molecule has 0 saturated heterocycles. The number of esters is 1. The molecule has 0 aromatic heterocycles. The number of aliphatic hydroxyl groups is 2. The SMILES string of the molecule is CCC(CO)(CO)C(=O)Oc1ccccc1OC. The highest BCUT2D eigenvalue weighted by Crippen LogP contribution is 2.30. The van der Waals surface area contributed by atoms with Gasteiger partial charge in [-0.25, -0.2) is 0 Å². The molecule has 0 heterocycles. The molecule has 1 aromatic rings. The summed E-state index contributed by atoms with van der Waals surface area (Å²) in [5.41, 5.74) is -1.28. The number of rotatable bonds is 6. The molecule has 100 valence electrons. The van der Waals surface area contributed by atoms with Crippen LogP contribution in [0, 0.1) is 5.41 Å². The summed E-state index contributed by atoms with van der Waals surface area (Å²) >= 11 is 0. The Morgan fingerprint density at radius 1 is 1.22 bits per heavy atom. The fraction of sp³-hybridized carbons (Fsp3) is 0.462. The lowest BCUT2D eigenvalue weighted by molar-refractivity contribution is -0.151. The molecule has 5 heteroatoms. The largest absolute Gasteiger partial charge is 0.493 e. The smallest absolute Gasteiger partial charge is 0.322 e. The van der Waals surface area contributed by atoms with Crippen LogP contribution < -0.4 is 9.47 Å². The van der Waals surface area contributed by atoms with E-state index in [2.05, 4.69) is 0 Å². The van der Waals surface area contributed by atoms with Gasteiger partial charge >= 0.3 is 5.97 Å². The fourth-order valence-corrected chi connectivity index (χ4v) is 1.46. The zero-order valence-electron chi connectivity index (χ0n) is 10.5. The van der Waals surface area contributed by atoms with Gasteiger partial charge in [-0.1, -0.05) is 19.1 Å². The van der Waals surface area contributed by atoms with Gasteiger partial charge in [0.1, 0.15) is 5.41 Å². The topological polar surface area (TPSA) is 76.0 Å². The van der Waals surface area contributed by atoms with Crippen molar-refractivity contribution in [1.29, 1.82) is 0 Å². The molecule has 0 fully saturated rings. The number of ether oxygens (including phenoxy) is 2. The van der Waals surface area contributed by atoms with E-state index in [-0.39, 0.29) is 12.2 Å². The highest BCUT2D eigenvalue weighted by molar-refractivity contribution is 5.80. The minimum Gasteiger partial charge on any atom is -0.493 e. The van der Waals surface area contributed by atoms with Crippen LogP contribution in [0.15, 0.2) is 24.3 Å². The first-order valence-corrected chi connectivity index (χ1v) is 5.70. The van der Waals surface area contributed by atoms with E-state index in [4.69, 9.17) is 9.47 Å². The number of carbonyl (C=O) groups excluding carboxylic acids is 1. The molecule has 0 spiro atoms. The van der Waals surface area contributed by atoms with Gasteiger partial charge in [-0.3, -0.25) is 4.79 Å². The van der Waals surface area contributed by atoms with Gasteiger partial charge in [0.2, 0.25) is 0 Å². The Labute approximate surface area is 106 Å². The van der Waals surface area contributed by atoms with Crippen LogP contribution in [0.1, 0.15) is 13.3 Å².